The van der Waals surface area contributed by atoms with Gasteiger partial charge in [-0.05, 0) is 22.9 Å². The largest absolute Gasteiger partial charge is 0.287 e. The number of hydrogen-bond donors (Lipinski definition) is 1. The Bertz CT molecular complexity index is 508. The second-order valence-corrected chi connectivity index (χ2v) is 6.96. The average molecular weight is 328 g/mol. The molecule has 8 heteroatoms. The molecule has 1 fully saturated rings. The molecule has 1 unspecified atom stereocenters. The number of rotatable bonds is 6. The van der Waals surface area contributed by atoms with E-state index in [0.29, 0.717) is 0 Å². The molecule has 5 nitrogen and oxygen atoms in total. The first-order chi connectivity index (χ1) is 9.58. The Hall–Kier alpha value is -0.990. The first-order valence-corrected chi connectivity index (χ1v) is 8.55. The predicted octanol–water partition coefficient (Wildman–Crippen LogP) is 2.14. The van der Waals surface area contributed by atoms with Crippen molar-refractivity contribution in [3.63, 3.8) is 0 Å². The summed E-state index contributed by atoms with van der Waals surface area (Å²) in [6, 6.07) is 5.47. The van der Waals surface area contributed by atoms with Crippen molar-refractivity contribution in [2.75, 3.05) is 0 Å². The molecule has 0 spiro atoms. The van der Waals surface area contributed by atoms with Crippen LogP contribution in [0.5, 0.6) is 0 Å². The van der Waals surface area contributed by atoms with Gasteiger partial charge in [-0.3, -0.25) is 19.3 Å². The summed E-state index contributed by atoms with van der Waals surface area (Å²) in [4.78, 5) is 40.0. The van der Waals surface area contributed by atoms with E-state index in [9.17, 15) is 14.4 Å². The van der Waals surface area contributed by atoms with Crippen LogP contribution in [-0.2, 0) is 14.4 Å². The lowest BCUT2D eigenvalue weighted by Gasteiger charge is -2.23. The maximum Gasteiger partial charge on any atom is 0.230 e. The molecular weight excluding hydrogens is 316 g/mol. The van der Waals surface area contributed by atoms with Crippen molar-refractivity contribution in [1.29, 1.82) is 0 Å². The molecule has 1 saturated heterocycles. The van der Waals surface area contributed by atoms with Gasteiger partial charge in [0.2, 0.25) is 11.8 Å². The second-order valence-electron chi connectivity index (χ2n) is 4.06. The Morgan fingerprint density at radius 1 is 1.35 bits per heavy atom. The van der Waals surface area contributed by atoms with Crippen LogP contribution in [0.15, 0.2) is 29.4 Å². The summed E-state index contributed by atoms with van der Waals surface area (Å²) < 4.78 is 0. The highest BCUT2D eigenvalue weighted by molar-refractivity contribution is 8.76. The van der Waals surface area contributed by atoms with E-state index >= 15 is 0 Å². The first kappa shape index (κ1) is 15.4. The van der Waals surface area contributed by atoms with Crippen LogP contribution >= 0.6 is 34.2 Å². The lowest BCUT2D eigenvalue weighted by Crippen LogP contribution is -2.37. The third-order valence-electron chi connectivity index (χ3n) is 2.61. The number of carbonyl (C=O) groups excluding carboxylic acids is 3. The number of imide groups is 1. The maximum absolute atomic E-state index is 11.7. The molecule has 106 valence electrons. The Morgan fingerprint density at radius 2 is 2.05 bits per heavy atom. The zero-order valence-electron chi connectivity index (χ0n) is 10.4. The molecule has 0 aromatic carbocycles. The maximum atomic E-state index is 11.7. The van der Waals surface area contributed by atoms with E-state index < -0.39 is 5.37 Å². The zero-order chi connectivity index (χ0) is 14.5. The Kier molecular flexibility index (Phi) is 5.50. The minimum atomic E-state index is -0.533. The number of amides is 2. The van der Waals surface area contributed by atoms with Crippen LogP contribution in [0, 0.1) is 0 Å². The Balaban J connectivity index is 2.05. The molecule has 0 bridgehead atoms. The van der Waals surface area contributed by atoms with E-state index in [1.54, 1.807) is 12.3 Å². The summed E-state index contributed by atoms with van der Waals surface area (Å²) in [5, 5.41) is -0.126. The minimum absolute atomic E-state index is 0.0328. The van der Waals surface area contributed by atoms with Crippen molar-refractivity contribution < 1.29 is 14.4 Å². The van der Waals surface area contributed by atoms with E-state index in [0.717, 1.165) is 5.03 Å². The Labute approximate surface area is 129 Å². The molecule has 20 heavy (non-hydrogen) atoms. The molecule has 0 N–H and O–H groups in total. The summed E-state index contributed by atoms with van der Waals surface area (Å²) in [5.41, 5.74) is 0. The molecule has 0 saturated carbocycles. The molecule has 2 amide bonds. The van der Waals surface area contributed by atoms with Gasteiger partial charge in [-0.2, -0.15) is 0 Å². The standard InChI is InChI=1S/C12H12N2O3S3/c15-9-4-5-10(16)14(9)11(7-12(17)18)20-19-8-3-1-2-6-13-8/h1-3,6,11H,4-5,7H2,(H,17,18). The predicted molar refractivity (Wildman–Crippen MR) is 81.2 cm³/mol. The molecule has 1 atom stereocenters. The zero-order valence-corrected chi connectivity index (χ0v) is 12.9. The molecule has 1 aliphatic heterocycles. The highest BCUT2D eigenvalue weighted by Gasteiger charge is 2.36. The average Bonchev–Trinajstić information content (AvgIpc) is 2.75. The van der Waals surface area contributed by atoms with Crippen LogP contribution in [0.3, 0.4) is 0 Å². The van der Waals surface area contributed by atoms with Gasteiger partial charge < -0.3 is 0 Å². The van der Waals surface area contributed by atoms with Gasteiger partial charge in [0, 0.05) is 25.5 Å². The molecule has 0 radical (unpaired) electrons. The van der Waals surface area contributed by atoms with Crippen molar-refractivity contribution >= 4 is 51.1 Å². The quantitative estimate of drug-likeness (QED) is 0.490. The monoisotopic (exact) mass is 328 g/mol. The van der Waals surface area contributed by atoms with Gasteiger partial charge in [0.25, 0.3) is 0 Å². The number of nitrogens with zero attached hydrogens (tertiary/aromatic N) is 2. The van der Waals surface area contributed by atoms with Gasteiger partial charge in [0.05, 0.1) is 0 Å². The van der Waals surface area contributed by atoms with E-state index in [1.807, 2.05) is 12.1 Å². The van der Waals surface area contributed by atoms with Crippen LogP contribution in [0.4, 0.5) is 0 Å². The number of likely N-dealkylation sites (tertiary alicyclic amines) is 1. The molecule has 0 aliphatic carbocycles. The summed E-state index contributed by atoms with van der Waals surface area (Å²) in [6.45, 7) is 0. The second kappa shape index (κ2) is 7.14. The van der Waals surface area contributed by atoms with Gasteiger partial charge >= 0.3 is 0 Å². The number of aromatic nitrogens is 1. The van der Waals surface area contributed by atoms with Crippen molar-refractivity contribution in [3.05, 3.63) is 24.4 Å². The molecule has 1 aromatic rings. The molecule has 2 rings (SSSR count). The van der Waals surface area contributed by atoms with Gasteiger partial charge in [-0.15, -0.1) is 12.6 Å². The highest BCUT2D eigenvalue weighted by atomic mass is 33.1. The molecule has 1 aromatic heterocycles. The third kappa shape index (κ3) is 4.00. The fourth-order valence-corrected chi connectivity index (χ4v) is 4.41. The third-order valence-corrected chi connectivity index (χ3v) is 5.37. The van der Waals surface area contributed by atoms with Gasteiger partial charge in [0.1, 0.15) is 10.4 Å². The molecular formula is C12H12N2O3S3. The van der Waals surface area contributed by atoms with Crippen LogP contribution in [-0.4, -0.2) is 32.2 Å². The van der Waals surface area contributed by atoms with Crippen molar-refractivity contribution in [2.45, 2.75) is 29.7 Å². The molecule has 1 aliphatic rings. The van der Waals surface area contributed by atoms with Gasteiger partial charge in [-0.25, -0.2) is 4.98 Å². The summed E-state index contributed by atoms with van der Waals surface area (Å²) in [7, 11) is 2.61. The Morgan fingerprint density at radius 3 is 2.60 bits per heavy atom. The van der Waals surface area contributed by atoms with Crippen LogP contribution in [0.2, 0.25) is 0 Å². The fraction of sp³-hybridized carbons (Fsp3) is 0.333. The van der Waals surface area contributed by atoms with E-state index in [4.69, 9.17) is 0 Å². The number of thiol groups is 1. The lowest BCUT2D eigenvalue weighted by atomic mass is 10.4. The number of hydrogen-bond acceptors (Lipinski definition) is 6. The topological polar surface area (TPSA) is 67.3 Å². The summed E-state index contributed by atoms with van der Waals surface area (Å²) in [6.07, 6.45) is 2.12. The van der Waals surface area contributed by atoms with E-state index in [-0.39, 0.29) is 36.2 Å². The smallest absolute Gasteiger partial charge is 0.230 e. The minimum Gasteiger partial charge on any atom is -0.287 e. The van der Waals surface area contributed by atoms with Crippen LogP contribution < -0.4 is 0 Å². The van der Waals surface area contributed by atoms with Gasteiger partial charge in [-0.1, -0.05) is 16.9 Å². The summed E-state index contributed by atoms with van der Waals surface area (Å²) in [5.74, 6) is -0.465. The van der Waals surface area contributed by atoms with E-state index in [1.165, 1.54) is 26.5 Å². The summed E-state index contributed by atoms with van der Waals surface area (Å²) >= 11 is 3.74. The SMILES string of the molecule is O=C(S)CC(SSc1ccccn1)N1C(=O)CCC1=O. The number of pyridine rings is 1. The molecule has 2 heterocycles. The lowest BCUT2D eigenvalue weighted by molar-refractivity contribution is -0.139. The normalized spacial score (nSPS) is 16.6. The number of carbonyl (C=O) groups is 3. The van der Waals surface area contributed by atoms with Crippen molar-refractivity contribution in [1.82, 2.24) is 9.88 Å². The van der Waals surface area contributed by atoms with Gasteiger partial charge in [0.15, 0.2) is 5.12 Å². The van der Waals surface area contributed by atoms with Crippen molar-refractivity contribution in [3.8, 4) is 0 Å². The van der Waals surface area contributed by atoms with E-state index in [2.05, 4.69) is 17.6 Å². The first-order valence-electron chi connectivity index (χ1n) is 5.89. The van der Waals surface area contributed by atoms with Crippen LogP contribution in [0.25, 0.3) is 0 Å². The fourth-order valence-electron chi connectivity index (χ4n) is 1.73. The van der Waals surface area contributed by atoms with Crippen molar-refractivity contribution in [2.24, 2.45) is 0 Å². The van der Waals surface area contributed by atoms with Crippen LogP contribution in [0.1, 0.15) is 19.3 Å². The highest BCUT2D eigenvalue weighted by Crippen LogP contribution is 2.38.